The quantitative estimate of drug-likeness (QED) is 0.489. The summed E-state index contributed by atoms with van der Waals surface area (Å²) in [6, 6.07) is 0. The van der Waals surface area contributed by atoms with Crippen LogP contribution >= 0.6 is 0 Å². The van der Waals surface area contributed by atoms with Crippen molar-refractivity contribution in [1.82, 2.24) is 0 Å². The van der Waals surface area contributed by atoms with Gasteiger partial charge in [-0.05, 0) is 38.0 Å². The van der Waals surface area contributed by atoms with E-state index in [0.717, 1.165) is 25.0 Å². The zero-order valence-corrected chi connectivity index (χ0v) is 8.81. The van der Waals surface area contributed by atoms with Crippen LogP contribution in [0.1, 0.15) is 58.3 Å². The minimum absolute atomic E-state index is 0.638. The van der Waals surface area contributed by atoms with Gasteiger partial charge in [0.1, 0.15) is 0 Å². The van der Waals surface area contributed by atoms with E-state index in [2.05, 4.69) is 13.3 Å². The summed E-state index contributed by atoms with van der Waals surface area (Å²) in [4.78, 5) is 0. The van der Waals surface area contributed by atoms with Crippen molar-refractivity contribution in [2.45, 2.75) is 58.3 Å². The van der Waals surface area contributed by atoms with Crippen molar-refractivity contribution in [1.29, 1.82) is 5.41 Å². The fourth-order valence-corrected chi connectivity index (χ4v) is 2.12. The lowest BCUT2D eigenvalue weighted by molar-refractivity contribution is 0.433. The zero-order chi connectivity index (χ0) is 9.52. The van der Waals surface area contributed by atoms with Crippen LogP contribution in [0.25, 0.3) is 0 Å². The lowest BCUT2D eigenvalue weighted by Gasteiger charge is -2.22. The maximum absolute atomic E-state index is 7.94. The molecule has 1 radical (unpaired) electrons. The molecular weight excluding hydrogens is 158 g/mol. The molecule has 0 atom stereocenters. The Hall–Kier alpha value is -0.330. The highest BCUT2D eigenvalue weighted by atomic mass is 14.4. The van der Waals surface area contributed by atoms with Crippen molar-refractivity contribution in [3.63, 3.8) is 0 Å². The van der Waals surface area contributed by atoms with Crippen LogP contribution in [0, 0.1) is 17.7 Å². The van der Waals surface area contributed by atoms with Crippen molar-refractivity contribution >= 4 is 5.71 Å². The topological polar surface area (TPSA) is 23.9 Å². The Bertz CT molecular complexity index is 145. The summed E-state index contributed by atoms with van der Waals surface area (Å²) < 4.78 is 0. The molecule has 1 aliphatic rings. The standard InChI is InChI=1S/C12H22N/c1-2-3-5-10-12(13)11-8-6-4-7-9-11/h3,11,13H,2,4-10H2,1H3. The molecule has 1 nitrogen and oxygen atoms in total. The first-order chi connectivity index (χ1) is 6.34. The van der Waals surface area contributed by atoms with Gasteiger partial charge in [0, 0.05) is 5.71 Å². The highest BCUT2D eigenvalue weighted by molar-refractivity contribution is 5.83. The number of unbranched alkanes of at least 4 members (excludes halogenated alkanes) is 2. The summed E-state index contributed by atoms with van der Waals surface area (Å²) >= 11 is 0. The molecule has 0 aromatic carbocycles. The van der Waals surface area contributed by atoms with Gasteiger partial charge in [-0.3, -0.25) is 0 Å². The first-order valence-corrected chi connectivity index (χ1v) is 5.73. The van der Waals surface area contributed by atoms with Gasteiger partial charge in [-0.2, -0.15) is 0 Å². The second kappa shape index (κ2) is 6.17. The summed E-state index contributed by atoms with van der Waals surface area (Å²) in [6.07, 6.45) is 12.2. The Morgan fingerprint density at radius 2 is 2.00 bits per heavy atom. The fraction of sp³-hybridized carbons (Fsp3) is 0.833. The Kier molecular flexibility index (Phi) is 5.10. The van der Waals surface area contributed by atoms with Crippen molar-refractivity contribution in [3.8, 4) is 0 Å². The third-order valence-corrected chi connectivity index (χ3v) is 3.00. The molecule has 0 spiro atoms. The smallest absolute Gasteiger partial charge is 0.0120 e. The van der Waals surface area contributed by atoms with Crippen molar-refractivity contribution in [2.24, 2.45) is 5.92 Å². The van der Waals surface area contributed by atoms with E-state index in [1.807, 2.05) is 0 Å². The van der Waals surface area contributed by atoms with Gasteiger partial charge in [0.15, 0.2) is 0 Å². The third kappa shape index (κ3) is 3.93. The SMILES string of the molecule is CC[CH]CCC(=N)C1CCCCC1. The van der Waals surface area contributed by atoms with Crippen LogP contribution in [-0.4, -0.2) is 5.71 Å². The fourth-order valence-electron chi connectivity index (χ4n) is 2.12. The number of nitrogens with one attached hydrogen (secondary N) is 1. The van der Waals surface area contributed by atoms with Crippen molar-refractivity contribution in [2.75, 3.05) is 0 Å². The van der Waals surface area contributed by atoms with E-state index in [9.17, 15) is 0 Å². The van der Waals surface area contributed by atoms with Crippen LogP contribution in [0.2, 0.25) is 0 Å². The van der Waals surface area contributed by atoms with Crippen LogP contribution < -0.4 is 0 Å². The third-order valence-electron chi connectivity index (χ3n) is 3.00. The second-order valence-corrected chi connectivity index (χ2v) is 4.10. The van der Waals surface area contributed by atoms with E-state index in [0.29, 0.717) is 5.92 Å². The van der Waals surface area contributed by atoms with E-state index in [-0.39, 0.29) is 0 Å². The molecule has 0 saturated heterocycles. The molecule has 1 heteroatoms. The molecule has 1 fully saturated rings. The maximum Gasteiger partial charge on any atom is 0.0120 e. The van der Waals surface area contributed by atoms with Crippen molar-refractivity contribution in [3.05, 3.63) is 6.42 Å². The number of hydrogen-bond acceptors (Lipinski definition) is 1. The van der Waals surface area contributed by atoms with E-state index < -0.39 is 0 Å². The Morgan fingerprint density at radius 3 is 2.62 bits per heavy atom. The highest BCUT2D eigenvalue weighted by Crippen LogP contribution is 2.25. The Labute approximate surface area is 82.4 Å². The number of rotatable bonds is 5. The summed E-state index contributed by atoms with van der Waals surface area (Å²) in [5.74, 6) is 0.638. The van der Waals surface area contributed by atoms with Gasteiger partial charge in [0.2, 0.25) is 0 Å². The largest absolute Gasteiger partial charge is 0.309 e. The Morgan fingerprint density at radius 1 is 1.31 bits per heavy atom. The van der Waals surface area contributed by atoms with Crippen molar-refractivity contribution < 1.29 is 0 Å². The molecule has 0 unspecified atom stereocenters. The molecule has 0 aromatic heterocycles. The predicted octanol–water partition coefficient (Wildman–Crippen LogP) is 3.98. The van der Waals surface area contributed by atoms with E-state index in [1.165, 1.54) is 32.1 Å². The molecule has 0 bridgehead atoms. The normalized spacial score (nSPS) is 18.8. The second-order valence-electron chi connectivity index (χ2n) is 4.10. The minimum Gasteiger partial charge on any atom is -0.309 e. The van der Waals surface area contributed by atoms with Gasteiger partial charge in [-0.25, -0.2) is 0 Å². The molecule has 75 valence electrons. The van der Waals surface area contributed by atoms with Crippen LogP contribution in [0.5, 0.6) is 0 Å². The van der Waals surface area contributed by atoms with Gasteiger partial charge >= 0.3 is 0 Å². The summed E-state index contributed by atoms with van der Waals surface area (Å²) in [6.45, 7) is 2.17. The molecular formula is C12H22N. The zero-order valence-electron chi connectivity index (χ0n) is 8.81. The monoisotopic (exact) mass is 180 g/mol. The van der Waals surface area contributed by atoms with E-state index in [1.54, 1.807) is 0 Å². The summed E-state index contributed by atoms with van der Waals surface area (Å²) in [5.41, 5.74) is 1.02. The van der Waals surface area contributed by atoms with Gasteiger partial charge in [0.25, 0.3) is 0 Å². The maximum atomic E-state index is 7.94. The van der Waals surface area contributed by atoms with Gasteiger partial charge in [-0.1, -0.05) is 32.6 Å². The van der Waals surface area contributed by atoms with Crippen LogP contribution in [-0.2, 0) is 0 Å². The van der Waals surface area contributed by atoms with Crippen LogP contribution in [0.15, 0.2) is 0 Å². The molecule has 0 aromatic rings. The first kappa shape index (κ1) is 10.7. The lowest BCUT2D eigenvalue weighted by Crippen LogP contribution is -2.16. The van der Waals surface area contributed by atoms with Gasteiger partial charge in [0.05, 0.1) is 0 Å². The summed E-state index contributed by atoms with van der Waals surface area (Å²) in [7, 11) is 0. The Balaban J connectivity index is 2.13. The molecule has 13 heavy (non-hydrogen) atoms. The predicted molar refractivity (Wildman–Crippen MR) is 58.1 cm³/mol. The minimum atomic E-state index is 0.638. The lowest BCUT2D eigenvalue weighted by atomic mass is 9.84. The first-order valence-electron chi connectivity index (χ1n) is 5.73. The number of hydrogen-bond donors (Lipinski definition) is 1. The summed E-state index contributed by atoms with van der Waals surface area (Å²) in [5, 5.41) is 7.94. The van der Waals surface area contributed by atoms with Gasteiger partial charge < -0.3 is 5.41 Å². The average Bonchev–Trinajstić information content (AvgIpc) is 2.19. The van der Waals surface area contributed by atoms with E-state index in [4.69, 9.17) is 5.41 Å². The van der Waals surface area contributed by atoms with E-state index >= 15 is 0 Å². The molecule has 0 amide bonds. The molecule has 0 aliphatic heterocycles. The molecule has 1 saturated carbocycles. The van der Waals surface area contributed by atoms with Crippen LogP contribution in [0.4, 0.5) is 0 Å². The molecule has 1 N–H and O–H groups in total. The van der Waals surface area contributed by atoms with Crippen LogP contribution in [0.3, 0.4) is 0 Å². The molecule has 0 heterocycles. The average molecular weight is 180 g/mol. The highest BCUT2D eigenvalue weighted by Gasteiger charge is 2.17. The molecule has 1 aliphatic carbocycles. The van der Waals surface area contributed by atoms with Gasteiger partial charge in [-0.15, -0.1) is 0 Å². The molecule has 1 rings (SSSR count).